The molecule has 0 radical (unpaired) electrons. The third-order valence-corrected chi connectivity index (χ3v) is 15.5. The van der Waals surface area contributed by atoms with Gasteiger partial charge in [0, 0.05) is 18.4 Å². The Kier molecular flexibility index (Phi) is 38.6. The molecule has 1 fully saturated rings. The molecular weight excluding hydrogens is 1200 g/mol. The van der Waals surface area contributed by atoms with Gasteiger partial charge in [0.2, 0.25) is 70.9 Å². The molecule has 0 aromatic heterocycles. The fraction of sp³-hybridized carbons (Fsp3) is 0.712. The van der Waals surface area contributed by atoms with Crippen LogP contribution in [0.3, 0.4) is 0 Å². The molecule has 12 amide bonds. The number of carboxylic acid groups (broad SMARTS) is 3. The van der Waals surface area contributed by atoms with Gasteiger partial charge in [-0.15, -0.1) is 0 Å². The first kappa shape index (κ1) is 78.6. The largest absolute Gasteiger partial charge is 0.481 e. The summed E-state index contributed by atoms with van der Waals surface area (Å²) in [6, 6.07) is -16.4. The van der Waals surface area contributed by atoms with Crippen molar-refractivity contribution < 1.29 is 87.2 Å². The van der Waals surface area contributed by atoms with Crippen LogP contribution in [-0.2, 0) is 71.9 Å². The summed E-state index contributed by atoms with van der Waals surface area (Å²) in [5.74, 6) is -18.9. The summed E-state index contributed by atoms with van der Waals surface area (Å²) in [6.07, 6.45) is -1.02. The number of primary amides is 1. The molecule has 498 valence electrons. The number of nitrogens with one attached hydrogen (secondary N) is 11. The van der Waals surface area contributed by atoms with E-state index in [9.17, 15) is 87.2 Å². The Bertz CT molecular complexity index is 2390. The van der Waals surface area contributed by atoms with Gasteiger partial charge in [-0.25, -0.2) is 0 Å². The number of aliphatic carboxylic acids is 3. The van der Waals surface area contributed by atoms with E-state index >= 15 is 0 Å². The van der Waals surface area contributed by atoms with Crippen molar-refractivity contribution in [2.24, 2.45) is 34.6 Å². The predicted molar refractivity (Wildman–Crippen MR) is 320 cm³/mol. The molecule has 1 rings (SSSR count). The third-order valence-electron chi connectivity index (χ3n) is 13.0. The lowest BCUT2D eigenvalue weighted by Gasteiger charge is -2.27. The van der Waals surface area contributed by atoms with E-state index in [4.69, 9.17) is 28.7 Å². The van der Waals surface area contributed by atoms with Crippen molar-refractivity contribution in [2.75, 3.05) is 44.2 Å². The van der Waals surface area contributed by atoms with Crippen LogP contribution in [0.2, 0.25) is 0 Å². The Morgan fingerprint density at radius 3 is 1.42 bits per heavy atom. The topological polar surface area (TPSA) is 579 Å². The highest BCUT2D eigenvalue weighted by Gasteiger charge is 2.37. The summed E-state index contributed by atoms with van der Waals surface area (Å²) in [5.41, 5.74) is 28.3. The Hall–Kier alpha value is -7.41. The highest BCUT2D eigenvalue weighted by Crippen LogP contribution is 2.24. The maximum Gasteiger partial charge on any atom is 0.305 e. The molecule has 1 aliphatic rings. The Balaban J connectivity index is 4.26. The number of rotatable bonds is 30. The summed E-state index contributed by atoms with van der Waals surface area (Å²) in [4.78, 5) is 201. The van der Waals surface area contributed by atoms with Crippen LogP contribution in [0, 0.1) is 5.92 Å². The van der Waals surface area contributed by atoms with Gasteiger partial charge in [-0.2, -0.15) is 0 Å². The van der Waals surface area contributed by atoms with Crippen LogP contribution < -0.4 is 87.2 Å². The summed E-state index contributed by atoms with van der Waals surface area (Å²) < 4.78 is 0. The number of carbonyl (C=O) groups excluding carboxylic acids is 12. The maximum absolute atomic E-state index is 14.6. The monoisotopic (exact) mass is 1290 g/mol. The maximum atomic E-state index is 14.6. The quantitative estimate of drug-likeness (QED) is 0.0235. The van der Waals surface area contributed by atoms with Crippen molar-refractivity contribution in [1.29, 1.82) is 0 Å². The fourth-order valence-electron chi connectivity index (χ4n) is 8.47. The first-order chi connectivity index (χ1) is 41.6. The Morgan fingerprint density at radius 1 is 0.523 bits per heavy atom. The Labute approximate surface area is 517 Å². The number of carbonyl (C=O) groups is 15. The third kappa shape index (κ3) is 32.5. The lowest BCUT2D eigenvalue weighted by Crippen LogP contribution is -2.60. The van der Waals surface area contributed by atoms with Crippen LogP contribution in [0.1, 0.15) is 124 Å². The van der Waals surface area contributed by atoms with Gasteiger partial charge >= 0.3 is 17.9 Å². The molecule has 10 atom stereocenters. The van der Waals surface area contributed by atoms with E-state index in [0.717, 1.165) is 21.6 Å². The zero-order valence-corrected chi connectivity index (χ0v) is 51.4. The minimum atomic E-state index is -2.08. The molecule has 1 aliphatic heterocycles. The summed E-state index contributed by atoms with van der Waals surface area (Å²) in [5, 5.41) is 55.5. The number of carboxylic acids is 3. The van der Waals surface area contributed by atoms with Crippen LogP contribution in [0.15, 0.2) is 0 Å². The second kappa shape index (κ2) is 43.3. The van der Waals surface area contributed by atoms with E-state index in [0.29, 0.717) is 32.1 Å². The molecule has 24 N–H and O–H groups in total. The molecule has 0 bridgehead atoms. The summed E-state index contributed by atoms with van der Waals surface area (Å²) >= 11 is 0. The average Bonchev–Trinajstić information content (AvgIpc) is 3.42. The normalized spacial score (nSPS) is 22.5. The van der Waals surface area contributed by atoms with Crippen LogP contribution in [0.4, 0.5) is 0 Å². The first-order valence-electron chi connectivity index (χ1n) is 28.8. The first-order valence-corrected chi connectivity index (χ1v) is 31.3. The predicted octanol–water partition coefficient (Wildman–Crippen LogP) is -6.16. The summed E-state index contributed by atoms with van der Waals surface area (Å²) in [6.45, 7) is 4.22. The zero-order valence-electron chi connectivity index (χ0n) is 49.8. The van der Waals surface area contributed by atoms with Gasteiger partial charge in [0.25, 0.3) is 0 Å². The molecular formula is C52H90N16O18S2. The van der Waals surface area contributed by atoms with Crippen LogP contribution in [0.5, 0.6) is 0 Å². The second-order valence-electron chi connectivity index (χ2n) is 21.1. The Morgan fingerprint density at radius 2 is 0.955 bits per heavy atom. The van der Waals surface area contributed by atoms with Crippen LogP contribution >= 0.6 is 21.6 Å². The molecule has 88 heavy (non-hydrogen) atoms. The molecule has 0 aromatic carbocycles. The molecule has 0 spiro atoms. The molecule has 34 nitrogen and oxygen atoms in total. The van der Waals surface area contributed by atoms with E-state index in [1.54, 1.807) is 13.8 Å². The van der Waals surface area contributed by atoms with Gasteiger partial charge in [-0.05, 0) is 116 Å². The number of hydrogen-bond acceptors (Lipinski definition) is 21. The lowest BCUT2D eigenvalue weighted by atomic mass is 10.0. The van der Waals surface area contributed by atoms with E-state index in [2.05, 4.69) is 58.5 Å². The molecule has 4 unspecified atom stereocenters. The molecule has 1 heterocycles. The van der Waals surface area contributed by atoms with Gasteiger partial charge in [-0.1, -0.05) is 35.4 Å². The standard InChI is InChI=1S/C52H90N16O18S2/c1-27(2)20-34-48(82)68-38(52(86)64-33(43(57)77)21-40(71)72)26-88-87-25-37(67-45(79)30(59-28(3)69)13-5-9-17-54)51(85)63-32(15-7-11-19-56)47(81)62-31(14-6-10-18-55)46(80)61-29(12-4-8-16-53)44(78)58-24-39(70)60-35(22-41(73)74)49(83)66-36(23-42(75)76)50(84)65-34/h27,29-38H,4-26,53-56H2,1-3H3,(H2,57,77)(H,58,78)(H,59,69)(H,60,70)(H,61,80)(H,62,81)(H,63,85)(H,64,86)(H,65,84)(H,66,83)(H,67,79)(H,68,82)(H,71,72)(H,73,74)(H,75,76)/t29-,30-,31-,32?,33-,34?,35-,36?,37-,38?/m0/s1. The SMILES string of the molecule is CC(=O)N[C@@H](CCCCN)C(=O)N[C@H]1CSSCC(C(=O)N[C@@H](CC(=O)O)C(N)=O)NC(=O)C(CC(C)C)NC(=O)C(CC(=O)O)NC(=O)[C@H](CC(=O)O)NC(=O)CNC(=O)[C@H](CCCCN)NC(=O)[C@H](CCCCN)NC(=O)C(CCCCN)NC1=O. The second-order valence-corrected chi connectivity index (χ2v) is 23.7. The summed E-state index contributed by atoms with van der Waals surface area (Å²) in [7, 11) is 1.60. The number of unbranched alkanes of at least 4 members (excludes halogenated alkanes) is 4. The molecule has 36 heteroatoms. The van der Waals surface area contributed by atoms with Crippen LogP contribution in [0.25, 0.3) is 0 Å². The number of nitrogens with two attached hydrogens (primary N) is 5. The van der Waals surface area contributed by atoms with Crippen molar-refractivity contribution >= 4 is 110 Å². The van der Waals surface area contributed by atoms with Gasteiger partial charge < -0.3 is 102 Å². The number of hydrogen-bond donors (Lipinski definition) is 19. The zero-order chi connectivity index (χ0) is 66.5. The molecule has 0 saturated carbocycles. The van der Waals surface area contributed by atoms with E-state index in [-0.39, 0.29) is 77.5 Å². The lowest BCUT2D eigenvalue weighted by molar-refractivity contribution is -0.143. The van der Waals surface area contributed by atoms with Crippen molar-refractivity contribution in [3.8, 4) is 0 Å². The van der Waals surface area contributed by atoms with Crippen molar-refractivity contribution in [3.05, 3.63) is 0 Å². The minimum Gasteiger partial charge on any atom is -0.481 e. The van der Waals surface area contributed by atoms with Gasteiger partial charge in [0.05, 0.1) is 25.8 Å². The van der Waals surface area contributed by atoms with E-state index in [1.165, 1.54) is 6.92 Å². The highest BCUT2D eigenvalue weighted by molar-refractivity contribution is 8.76. The van der Waals surface area contributed by atoms with Crippen molar-refractivity contribution in [3.63, 3.8) is 0 Å². The molecule has 1 saturated heterocycles. The molecule has 0 aliphatic carbocycles. The minimum absolute atomic E-state index is 0.0539. The van der Waals surface area contributed by atoms with Gasteiger partial charge in [0.1, 0.15) is 60.4 Å². The highest BCUT2D eigenvalue weighted by atomic mass is 33.1. The van der Waals surface area contributed by atoms with Crippen LogP contribution in [-0.4, -0.2) is 209 Å². The average molecular weight is 1290 g/mol. The van der Waals surface area contributed by atoms with E-state index < -0.39 is 192 Å². The fourth-order valence-corrected chi connectivity index (χ4v) is 10.8. The van der Waals surface area contributed by atoms with Gasteiger partial charge in [-0.3, -0.25) is 71.9 Å². The van der Waals surface area contributed by atoms with Gasteiger partial charge in [0.15, 0.2) is 0 Å². The van der Waals surface area contributed by atoms with E-state index in [1.807, 2.05) is 0 Å². The number of amides is 12. The van der Waals surface area contributed by atoms with Crippen molar-refractivity contribution in [2.45, 2.75) is 184 Å². The molecule has 0 aromatic rings. The van der Waals surface area contributed by atoms with Crippen molar-refractivity contribution in [1.82, 2.24) is 58.5 Å². The smallest absolute Gasteiger partial charge is 0.305 e.